The quantitative estimate of drug-likeness (QED) is 0.324. The van der Waals surface area contributed by atoms with Crippen LogP contribution in [0.15, 0.2) is 42.7 Å². The van der Waals surface area contributed by atoms with Crippen molar-refractivity contribution in [1.29, 1.82) is 0 Å². The highest BCUT2D eigenvalue weighted by Crippen LogP contribution is 2.35. The third kappa shape index (κ3) is 5.94. The minimum atomic E-state index is -4.88. The number of rotatable bonds is 7. The number of halogens is 7. The number of carbonyl (C=O) groups excluding carboxylic acids is 1. The van der Waals surface area contributed by atoms with Gasteiger partial charge in [-0.25, -0.2) is 14.2 Å². The number of fused-ring (bicyclic) bond motifs is 1. The summed E-state index contributed by atoms with van der Waals surface area (Å²) < 4.78 is 89.1. The number of nitrogens with zero attached hydrogens (tertiary/aromatic N) is 5. The van der Waals surface area contributed by atoms with Crippen LogP contribution in [0, 0.1) is 0 Å². The molecule has 9 nitrogen and oxygen atoms in total. The Morgan fingerprint density at radius 3 is 2.59 bits per heavy atom. The van der Waals surface area contributed by atoms with Crippen LogP contribution in [0.5, 0.6) is 5.75 Å². The Morgan fingerprint density at radius 2 is 1.92 bits per heavy atom. The first-order chi connectivity index (χ1) is 17.4. The average Bonchev–Trinajstić information content (AvgIpc) is 3.41. The van der Waals surface area contributed by atoms with Crippen molar-refractivity contribution in [3.63, 3.8) is 0 Å². The highest BCUT2D eigenvalue weighted by atomic mass is 35.5. The van der Waals surface area contributed by atoms with E-state index in [0.717, 1.165) is 23.1 Å². The van der Waals surface area contributed by atoms with Crippen molar-refractivity contribution in [3.8, 4) is 17.0 Å². The minimum Gasteiger partial charge on any atom is -0.497 e. The molecule has 16 heteroatoms. The molecule has 1 N–H and O–H groups in total. The highest BCUT2D eigenvalue weighted by molar-refractivity contribution is 6.37. The van der Waals surface area contributed by atoms with Crippen LogP contribution in [-0.4, -0.2) is 50.2 Å². The van der Waals surface area contributed by atoms with Crippen molar-refractivity contribution in [2.45, 2.75) is 19.1 Å². The van der Waals surface area contributed by atoms with Crippen molar-refractivity contribution < 1.29 is 40.6 Å². The summed E-state index contributed by atoms with van der Waals surface area (Å²) in [6.07, 6.45) is -7.16. The van der Waals surface area contributed by atoms with Crippen LogP contribution in [0.4, 0.5) is 32.0 Å². The van der Waals surface area contributed by atoms with Crippen molar-refractivity contribution >= 4 is 28.8 Å². The molecule has 0 bridgehead atoms. The van der Waals surface area contributed by atoms with Crippen molar-refractivity contribution in [1.82, 2.24) is 24.4 Å². The van der Waals surface area contributed by atoms with E-state index in [0.29, 0.717) is 15.8 Å². The van der Waals surface area contributed by atoms with Crippen LogP contribution in [0.2, 0.25) is 5.02 Å². The minimum absolute atomic E-state index is 0.00908. The number of methoxy groups -OCH3 is 1. The number of carbonyl (C=O) groups is 1. The summed E-state index contributed by atoms with van der Waals surface area (Å²) in [4.78, 5) is 16.9. The fraction of sp³-hybridized carbons (Fsp3) is 0.238. The largest absolute Gasteiger partial charge is 0.497 e. The molecular weight excluding hydrogens is 534 g/mol. The number of ether oxygens (including phenoxy) is 2. The smallest absolute Gasteiger partial charge is 0.433 e. The summed E-state index contributed by atoms with van der Waals surface area (Å²) in [5.74, 6) is -0.612. The van der Waals surface area contributed by atoms with Crippen LogP contribution in [0.3, 0.4) is 0 Å². The molecule has 0 fully saturated rings. The summed E-state index contributed by atoms with van der Waals surface area (Å²) in [5.41, 5.74) is -2.00. The van der Waals surface area contributed by atoms with Gasteiger partial charge in [0.1, 0.15) is 24.1 Å². The summed E-state index contributed by atoms with van der Waals surface area (Å²) in [5, 5.41) is 9.32. The SMILES string of the molecule is COc1cccc(-c2cc(C(F)(F)F)n3nc(C(=O)Nc4cnn(COCC(F)(F)F)c4)c(Cl)c3n2)c1. The average molecular weight is 549 g/mol. The lowest BCUT2D eigenvalue weighted by Crippen LogP contribution is -2.18. The van der Waals surface area contributed by atoms with Gasteiger partial charge in [0.25, 0.3) is 5.91 Å². The first kappa shape index (κ1) is 26.2. The van der Waals surface area contributed by atoms with E-state index < -0.39 is 53.7 Å². The van der Waals surface area contributed by atoms with Crippen LogP contribution >= 0.6 is 11.6 Å². The fourth-order valence-electron chi connectivity index (χ4n) is 3.21. The Bertz CT molecular complexity index is 1450. The number of aromatic nitrogens is 5. The first-order valence-corrected chi connectivity index (χ1v) is 10.5. The van der Waals surface area contributed by atoms with E-state index in [2.05, 4.69) is 25.2 Å². The lowest BCUT2D eigenvalue weighted by Gasteiger charge is -2.11. The summed E-state index contributed by atoms with van der Waals surface area (Å²) in [6.45, 7) is -2.06. The molecule has 3 aromatic heterocycles. The zero-order chi connectivity index (χ0) is 27.0. The zero-order valence-electron chi connectivity index (χ0n) is 18.6. The Kier molecular flexibility index (Phi) is 7.01. The number of hydrogen-bond acceptors (Lipinski definition) is 6. The second kappa shape index (κ2) is 9.89. The summed E-state index contributed by atoms with van der Waals surface area (Å²) >= 11 is 6.23. The van der Waals surface area contributed by atoms with Crippen LogP contribution in [0.1, 0.15) is 16.2 Å². The molecule has 0 atom stereocenters. The summed E-state index contributed by atoms with van der Waals surface area (Å²) in [6, 6.07) is 6.93. The van der Waals surface area contributed by atoms with Gasteiger partial charge in [0, 0.05) is 5.56 Å². The zero-order valence-corrected chi connectivity index (χ0v) is 19.3. The molecule has 196 valence electrons. The maximum absolute atomic E-state index is 13.9. The molecule has 0 aliphatic heterocycles. The van der Waals surface area contributed by atoms with E-state index in [9.17, 15) is 31.1 Å². The van der Waals surface area contributed by atoms with E-state index in [4.69, 9.17) is 16.3 Å². The Hall–Kier alpha value is -3.85. The molecule has 0 aliphatic rings. The van der Waals surface area contributed by atoms with Gasteiger partial charge in [-0.1, -0.05) is 23.7 Å². The summed E-state index contributed by atoms with van der Waals surface area (Å²) in [7, 11) is 1.40. The van der Waals surface area contributed by atoms with Gasteiger partial charge in [-0.3, -0.25) is 4.79 Å². The van der Waals surface area contributed by atoms with Gasteiger partial charge in [0.15, 0.2) is 17.0 Å². The van der Waals surface area contributed by atoms with Crippen LogP contribution < -0.4 is 10.1 Å². The number of amides is 1. The molecule has 0 saturated carbocycles. The van der Waals surface area contributed by atoms with Crippen LogP contribution in [0.25, 0.3) is 16.9 Å². The van der Waals surface area contributed by atoms with E-state index in [1.807, 2.05) is 0 Å². The van der Waals surface area contributed by atoms with E-state index in [1.54, 1.807) is 12.1 Å². The molecule has 4 aromatic rings. The lowest BCUT2D eigenvalue weighted by atomic mass is 10.1. The monoisotopic (exact) mass is 548 g/mol. The van der Waals surface area contributed by atoms with Crippen LogP contribution in [-0.2, 0) is 17.6 Å². The molecule has 3 heterocycles. The molecule has 37 heavy (non-hydrogen) atoms. The van der Waals surface area contributed by atoms with E-state index in [-0.39, 0.29) is 11.4 Å². The third-order valence-corrected chi connectivity index (χ3v) is 5.13. The van der Waals surface area contributed by atoms with Gasteiger partial charge in [0.2, 0.25) is 0 Å². The topological polar surface area (TPSA) is 95.6 Å². The first-order valence-electron chi connectivity index (χ1n) is 10.1. The van der Waals surface area contributed by atoms with Gasteiger partial charge in [-0.2, -0.15) is 36.5 Å². The van der Waals surface area contributed by atoms with Gasteiger partial charge in [-0.15, -0.1) is 0 Å². The molecule has 0 spiro atoms. The number of hydrogen-bond donors (Lipinski definition) is 1. The second-order valence-electron chi connectivity index (χ2n) is 7.47. The maximum Gasteiger partial charge on any atom is 0.433 e. The molecule has 0 saturated heterocycles. The van der Waals surface area contributed by atoms with Gasteiger partial charge >= 0.3 is 12.4 Å². The fourth-order valence-corrected chi connectivity index (χ4v) is 3.46. The van der Waals surface area contributed by atoms with Gasteiger partial charge < -0.3 is 14.8 Å². The van der Waals surface area contributed by atoms with E-state index >= 15 is 0 Å². The predicted octanol–water partition coefficient (Wildman–Crippen LogP) is 5.06. The van der Waals surface area contributed by atoms with Crippen molar-refractivity contribution in [2.75, 3.05) is 19.0 Å². The number of nitrogens with one attached hydrogen (secondary N) is 1. The van der Waals surface area contributed by atoms with Crippen molar-refractivity contribution in [3.05, 3.63) is 59.1 Å². The molecular formula is C21H15ClF6N6O3. The Morgan fingerprint density at radius 1 is 1.16 bits per heavy atom. The maximum atomic E-state index is 13.9. The van der Waals surface area contributed by atoms with Gasteiger partial charge in [-0.05, 0) is 18.2 Å². The Balaban J connectivity index is 1.65. The Labute approximate surface area is 208 Å². The molecule has 0 unspecified atom stereocenters. The van der Waals surface area contributed by atoms with Gasteiger partial charge in [0.05, 0.1) is 30.9 Å². The number of benzene rings is 1. The number of anilines is 1. The molecule has 1 amide bonds. The second-order valence-corrected chi connectivity index (χ2v) is 7.85. The highest BCUT2D eigenvalue weighted by Gasteiger charge is 2.37. The molecule has 1 aromatic carbocycles. The standard InChI is InChI=1S/C21H15ClF6N6O3/c1-36-13-4-2-3-11(5-13)14-6-15(21(26,27)28)34-18(31-14)16(22)17(32-34)19(35)30-12-7-29-33(8-12)10-37-9-20(23,24)25/h2-8H,9-10H2,1H3,(H,30,35). The number of alkyl halides is 6. The van der Waals surface area contributed by atoms with Crippen molar-refractivity contribution in [2.24, 2.45) is 0 Å². The molecule has 0 radical (unpaired) electrons. The third-order valence-electron chi connectivity index (χ3n) is 4.78. The predicted molar refractivity (Wildman–Crippen MR) is 117 cm³/mol. The van der Waals surface area contributed by atoms with E-state index in [1.165, 1.54) is 19.2 Å². The lowest BCUT2D eigenvalue weighted by molar-refractivity contribution is -0.182. The normalized spacial score (nSPS) is 12.2. The molecule has 4 rings (SSSR count). The molecule has 0 aliphatic carbocycles.